The molecule has 0 atom stereocenters. The third-order valence-electron chi connectivity index (χ3n) is 3.26. The summed E-state index contributed by atoms with van der Waals surface area (Å²) in [5, 5.41) is 0. The number of aryl methyl sites for hydroxylation is 2. The summed E-state index contributed by atoms with van der Waals surface area (Å²) < 4.78 is 5.79. The number of hydrogen-bond donors (Lipinski definition) is 0. The molecule has 2 nitrogen and oxygen atoms in total. The van der Waals surface area contributed by atoms with Gasteiger partial charge < -0.3 is 4.74 Å². The van der Waals surface area contributed by atoms with Crippen LogP contribution in [0.1, 0.15) is 40.7 Å². The van der Waals surface area contributed by atoms with Crippen molar-refractivity contribution in [3.05, 3.63) is 28.8 Å². The van der Waals surface area contributed by atoms with E-state index >= 15 is 0 Å². The van der Waals surface area contributed by atoms with Crippen LogP contribution in [0.2, 0.25) is 0 Å². The first-order chi connectivity index (χ1) is 7.70. The van der Waals surface area contributed by atoms with Crippen LogP contribution in [-0.2, 0) is 0 Å². The Morgan fingerprint density at radius 1 is 1.38 bits per heavy atom. The molecule has 16 heavy (non-hydrogen) atoms. The predicted octanol–water partition coefficient (Wildman–Crippen LogP) is 3.29. The Labute approximate surface area is 96.6 Å². The zero-order valence-corrected chi connectivity index (χ0v) is 9.95. The number of carbonyl (C=O) groups is 1. The number of rotatable bonds is 4. The van der Waals surface area contributed by atoms with Crippen LogP contribution >= 0.6 is 0 Å². The monoisotopic (exact) mass is 218 g/mol. The fraction of sp³-hybridized carbons (Fsp3) is 0.500. The van der Waals surface area contributed by atoms with Gasteiger partial charge in [-0.1, -0.05) is 12.5 Å². The normalized spacial score (nSPS) is 15.6. The highest BCUT2D eigenvalue weighted by Crippen LogP contribution is 2.29. The minimum atomic E-state index is 0.678. The van der Waals surface area contributed by atoms with Gasteiger partial charge in [0.05, 0.1) is 12.2 Å². The molecule has 1 aliphatic carbocycles. The van der Waals surface area contributed by atoms with Gasteiger partial charge in [0.1, 0.15) is 5.75 Å². The summed E-state index contributed by atoms with van der Waals surface area (Å²) in [6.07, 6.45) is 4.74. The maximum Gasteiger partial charge on any atom is 0.153 e. The lowest BCUT2D eigenvalue weighted by Gasteiger charge is -2.26. The van der Waals surface area contributed by atoms with Gasteiger partial charge in [-0.25, -0.2) is 0 Å². The smallest absolute Gasteiger partial charge is 0.153 e. The lowest BCUT2D eigenvalue weighted by Crippen LogP contribution is -2.20. The summed E-state index contributed by atoms with van der Waals surface area (Å²) in [5.74, 6) is 1.47. The lowest BCUT2D eigenvalue weighted by atomic mass is 9.86. The van der Waals surface area contributed by atoms with Crippen LogP contribution in [0.4, 0.5) is 0 Å². The summed E-state index contributed by atoms with van der Waals surface area (Å²) in [6.45, 7) is 4.75. The Balaban J connectivity index is 2.13. The molecular weight excluding hydrogens is 200 g/mol. The summed E-state index contributed by atoms with van der Waals surface area (Å²) in [5.41, 5.74) is 2.84. The second-order valence-corrected chi connectivity index (χ2v) is 4.73. The van der Waals surface area contributed by atoms with E-state index in [0.29, 0.717) is 11.5 Å². The molecular formula is C14H18O2. The van der Waals surface area contributed by atoms with Crippen LogP contribution in [0.3, 0.4) is 0 Å². The third kappa shape index (κ3) is 2.26. The summed E-state index contributed by atoms with van der Waals surface area (Å²) in [4.78, 5) is 11.0. The number of benzene rings is 1. The van der Waals surface area contributed by atoms with Gasteiger partial charge in [0, 0.05) is 0 Å². The molecule has 0 N–H and O–H groups in total. The van der Waals surface area contributed by atoms with Crippen molar-refractivity contribution in [2.75, 3.05) is 6.61 Å². The molecule has 1 aromatic rings. The zero-order chi connectivity index (χ0) is 11.5. The van der Waals surface area contributed by atoms with Gasteiger partial charge >= 0.3 is 0 Å². The van der Waals surface area contributed by atoms with Crippen molar-refractivity contribution in [3.8, 4) is 5.75 Å². The van der Waals surface area contributed by atoms with Gasteiger partial charge in [-0.2, -0.15) is 0 Å². The molecule has 0 bridgehead atoms. The van der Waals surface area contributed by atoms with E-state index in [1.807, 2.05) is 19.9 Å². The second-order valence-electron chi connectivity index (χ2n) is 4.73. The van der Waals surface area contributed by atoms with Crippen molar-refractivity contribution >= 4 is 6.29 Å². The summed E-state index contributed by atoms with van der Waals surface area (Å²) >= 11 is 0. The molecule has 0 aliphatic heterocycles. The van der Waals surface area contributed by atoms with E-state index in [4.69, 9.17) is 4.74 Å². The van der Waals surface area contributed by atoms with E-state index in [9.17, 15) is 4.79 Å². The van der Waals surface area contributed by atoms with Crippen LogP contribution in [0.25, 0.3) is 0 Å². The number of carbonyl (C=O) groups excluding carboxylic acids is 1. The Morgan fingerprint density at radius 2 is 2.12 bits per heavy atom. The van der Waals surface area contributed by atoms with Crippen LogP contribution in [0.15, 0.2) is 12.1 Å². The molecule has 1 aromatic carbocycles. The number of ether oxygens (including phenoxy) is 1. The van der Waals surface area contributed by atoms with Crippen molar-refractivity contribution in [1.82, 2.24) is 0 Å². The molecule has 1 aliphatic rings. The Kier molecular flexibility index (Phi) is 3.28. The van der Waals surface area contributed by atoms with Crippen molar-refractivity contribution in [3.63, 3.8) is 0 Å². The minimum Gasteiger partial charge on any atom is -0.492 e. The predicted molar refractivity (Wildman–Crippen MR) is 64.1 cm³/mol. The van der Waals surface area contributed by atoms with Crippen LogP contribution in [0.5, 0.6) is 5.75 Å². The zero-order valence-electron chi connectivity index (χ0n) is 9.95. The molecule has 1 fully saturated rings. The van der Waals surface area contributed by atoms with Crippen LogP contribution < -0.4 is 4.74 Å². The summed E-state index contributed by atoms with van der Waals surface area (Å²) in [7, 11) is 0. The largest absolute Gasteiger partial charge is 0.492 e. The molecule has 0 heterocycles. The van der Waals surface area contributed by atoms with Crippen molar-refractivity contribution in [2.24, 2.45) is 5.92 Å². The Bertz CT molecular complexity index is 392. The third-order valence-corrected chi connectivity index (χ3v) is 3.26. The standard InChI is InChI=1S/C14H18O2/c1-10-6-11(2)14(13(7-10)8-15)16-9-12-4-3-5-12/h6-8,12H,3-5,9H2,1-2H3. The summed E-state index contributed by atoms with van der Waals surface area (Å²) in [6, 6.07) is 3.94. The molecule has 2 heteroatoms. The van der Waals surface area contributed by atoms with E-state index < -0.39 is 0 Å². The quantitative estimate of drug-likeness (QED) is 0.725. The number of hydrogen-bond acceptors (Lipinski definition) is 2. The molecule has 0 spiro atoms. The molecule has 0 saturated heterocycles. The fourth-order valence-electron chi connectivity index (χ4n) is 2.13. The van der Waals surface area contributed by atoms with Crippen LogP contribution in [-0.4, -0.2) is 12.9 Å². The first kappa shape index (κ1) is 11.2. The fourth-order valence-corrected chi connectivity index (χ4v) is 2.13. The highest BCUT2D eigenvalue weighted by atomic mass is 16.5. The van der Waals surface area contributed by atoms with Crippen molar-refractivity contribution < 1.29 is 9.53 Å². The van der Waals surface area contributed by atoms with Crippen molar-refractivity contribution in [2.45, 2.75) is 33.1 Å². The molecule has 0 unspecified atom stereocenters. The molecule has 0 aromatic heterocycles. The van der Waals surface area contributed by atoms with E-state index in [-0.39, 0.29) is 0 Å². The maximum absolute atomic E-state index is 11.0. The van der Waals surface area contributed by atoms with Gasteiger partial charge in [-0.15, -0.1) is 0 Å². The van der Waals surface area contributed by atoms with Crippen LogP contribution in [0, 0.1) is 19.8 Å². The molecule has 1 saturated carbocycles. The highest BCUT2D eigenvalue weighted by Gasteiger charge is 2.19. The lowest BCUT2D eigenvalue weighted by molar-refractivity contribution is 0.111. The van der Waals surface area contributed by atoms with Gasteiger partial charge in [0.2, 0.25) is 0 Å². The Morgan fingerprint density at radius 3 is 2.69 bits per heavy atom. The molecule has 0 amide bonds. The van der Waals surface area contributed by atoms with Crippen molar-refractivity contribution in [1.29, 1.82) is 0 Å². The average molecular weight is 218 g/mol. The average Bonchev–Trinajstić information content (AvgIpc) is 2.17. The topological polar surface area (TPSA) is 26.3 Å². The van der Waals surface area contributed by atoms with E-state index in [0.717, 1.165) is 29.8 Å². The molecule has 2 rings (SSSR count). The maximum atomic E-state index is 11.0. The second kappa shape index (κ2) is 4.69. The Hall–Kier alpha value is -1.31. The SMILES string of the molecule is Cc1cc(C)c(OCC2CCC2)c(C=O)c1. The highest BCUT2D eigenvalue weighted by molar-refractivity contribution is 5.80. The molecule has 86 valence electrons. The first-order valence-corrected chi connectivity index (χ1v) is 5.90. The molecule has 0 radical (unpaired) electrons. The van der Waals surface area contributed by atoms with E-state index in [1.54, 1.807) is 0 Å². The van der Waals surface area contributed by atoms with Gasteiger partial charge in [0.25, 0.3) is 0 Å². The first-order valence-electron chi connectivity index (χ1n) is 5.90. The van der Waals surface area contributed by atoms with Gasteiger partial charge in [-0.3, -0.25) is 4.79 Å². The van der Waals surface area contributed by atoms with Gasteiger partial charge in [-0.05, 0) is 49.8 Å². The minimum absolute atomic E-state index is 0.678. The van der Waals surface area contributed by atoms with E-state index in [2.05, 4.69) is 6.07 Å². The number of aldehydes is 1. The van der Waals surface area contributed by atoms with Gasteiger partial charge in [0.15, 0.2) is 6.29 Å². The van der Waals surface area contributed by atoms with E-state index in [1.165, 1.54) is 19.3 Å².